The third kappa shape index (κ3) is 3.34. The van der Waals surface area contributed by atoms with Gasteiger partial charge in [0.25, 0.3) is 0 Å². The van der Waals surface area contributed by atoms with Crippen molar-refractivity contribution in [2.75, 3.05) is 11.4 Å². The molecule has 0 spiro atoms. The van der Waals surface area contributed by atoms with E-state index in [0.717, 1.165) is 0 Å². The van der Waals surface area contributed by atoms with Gasteiger partial charge in [-0.05, 0) is 25.5 Å². The van der Waals surface area contributed by atoms with Gasteiger partial charge in [0.05, 0.1) is 12.2 Å². The van der Waals surface area contributed by atoms with Crippen molar-refractivity contribution in [3.63, 3.8) is 0 Å². The zero-order chi connectivity index (χ0) is 15.4. The Morgan fingerprint density at radius 3 is 2.95 bits per heavy atom. The molecule has 0 fully saturated rings. The Morgan fingerprint density at radius 2 is 2.29 bits per heavy atom. The second-order valence-electron chi connectivity index (χ2n) is 4.90. The molecule has 1 aliphatic rings. The SMILES string of the molecule is C=CCC(C)NC(=O)N1CC(C(=O)O)Oc2ccccc21. The number of hydrogen-bond donors (Lipinski definition) is 2. The molecular formula is C15H18N2O4. The molecule has 1 aromatic carbocycles. The number of aliphatic carboxylic acids is 1. The highest BCUT2D eigenvalue weighted by Gasteiger charge is 2.33. The van der Waals surface area contributed by atoms with E-state index in [4.69, 9.17) is 9.84 Å². The number of amides is 2. The van der Waals surface area contributed by atoms with Gasteiger partial charge in [0.2, 0.25) is 6.10 Å². The van der Waals surface area contributed by atoms with E-state index < -0.39 is 12.1 Å². The molecule has 1 aliphatic heterocycles. The summed E-state index contributed by atoms with van der Waals surface area (Å²) >= 11 is 0. The summed E-state index contributed by atoms with van der Waals surface area (Å²) in [4.78, 5) is 24.9. The number of nitrogens with one attached hydrogen (secondary N) is 1. The second-order valence-corrected chi connectivity index (χ2v) is 4.90. The third-order valence-electron chi connectivity index (χ3n) is 3.18. The molecule has 2 unspecified atom stereocenters. The lowest BCUT2D eigenvalue weighted by Gasteiger charge is -2.33. The monoisotopic (exact) mass is 290 g/mol. The molecule has 0 saturated carbocycles. The summed E-state index contributed by atoms with van der Waals surface area (Å²) in [5, 5.41) is 12.0. The van der Waals surface area contributed by atoms with E-state index in [0.29, 0.717) is 17.9 Å². The van der Waals surface area contributed by atoms with E-state index in [1.165, 1.54) is 4.90 Å². The van der Waals surface area contributed by atoms with Crippen molar-refractivity contribution in [3.05, 3.63) is 36.9 Å². The quantitative estimate of drug-likeness (QED) is 0.831. The van der Waals surface area contributed by atoms with Gasteiger partial charge in [0.15, 0.2) is 0 Å². The lowest BCUT2D eigenvalue weighted by molar-refractivity contribution is -0.144. The van der Waals surface area contributed by atoms with Gasteiger partial charge >= 0.3 is 12.0 Å². The van der Waals surface area contributed by atoms with Crippen LogP contribution in [-0.4, -0.2) is 35.8 Å². The lowest BCUT2D eigenvalue weighted by Crippen LogP contribution is -2.52. The summed E-state index contributed by atoms with van der Waals surface area (Å²) in [7, 11) is 0. The van der Waals surface area contributed by atoms with E-state index in [2.05, 4.69) is 11.9 Å². The smallest absolute Gasteiger partial charge is 0.346 e. The van der Waals surface area contributed by atoms with E-state index in [1.54, 1.807) is 30.3 Å². The van der Waals surface area contributed by atoms with Crippen molar-refractivity contribution in [2.45, 2.75) is 25.5 Å². The normalized spacial score (nSPS) is 18.1. The van der Waals surface area contributed by atoms with Gasteiger partial charge in [-0.3, -0.25) is 4.90 Å². The number of benzene rings is 1. The van der Waals surface area contributed by atoms with Crippen LogP contribution >= 0.6 is 0 Å². The second kappa shape index (κ2) is 6.30. The van der Waals surface area contributed by atoms with Gasteiger partial charge < -0.3 is 15.2 Å². The molecule has 0 radical (unpaired) electrons. The molecule has 2 atom stereocenters. The van der Waals surface area contributed by atoms with Crippen LogP contribution in [0.1, 0.15) is 13.3 Å². The predicted octanol–water partition coefficient (Wildman–Crippen LogP) is 2.01. The number of urea groups is 1. The van der Waals surface area contributed by atoms with Gasteiger partial charge in [0.1, 0.15) is 5.75 Å². The highest BCUT2D eigenvalue weighted by Crippen LogP contribution is 2.33. The maximum atomic E-state index is 12.3. The van der Waals surface area contributed by atoms with E-state index in [1.807, 2.05) is 6.92 Å². The summed E-state index contributed by atoms with van der Waals surface area (Å²) in [5.74, 6) is -0.705. The first-order valence-corrected chi connectivity index (χ1v) is 6.70. The Morgan fingerprint density at radius 1 is 1.57 bits per heavy atom. The van der Waals surface area contributed by atoms with Gasteiger partial charge in [0, 0.05) is 6.04 Å². The first kappa shape index (κ1) is 14.9. The van der Waals surface area contributed by atoms with Crippen LogP contribution in [0.5, 0.6) is 5.75 Å². The molecule has 6 nitrogen and oxygen atoms in total. The first-order chi connectivity index (χ1) is 10.0. The Hall–Kier alpha value is -2.50. The Bertz CT molecular complexity index is 558. The standard InChI is InChI=1S/C15H18N2O4/c1-3-6-10(2)16-15(20)17-9-13(14(18)19)21-12-8-5-4-7-11(12)17/h3-5,7-8,10,13H,1,6,9H2,2H3,(H,16,20)(H,18,19). The molecule has 6 heteroatoms. The summed E-state index contributed by atoms with van der Waals surface area (Å²) in [6.45, 7) is 5.46. The van der Waals surface area contributed by atoms with Crippen LogP contribution in [0.2, 0.25) is 0 Å². The van der Waals surface area contributed by atoms with Crippen LogP contribution in [0.15, 0.2) is 36.9 Å². The number of carbonyl (C=O) groups is 2. The first-order valence-electron chi connectivity index (χ1n) is 6.70. The van der Waals surface area contributed by atoms with Crippen LogP contribution < -0.4 is 15.0 Å². The molecule has 0 aromatic heterocycles. The average molecular weight is 290 g/mol. The number of anilines is 1. The van der Waals surface area contributed by atoms with Crippen molar-refractivity contribution in [2.24, 2.45) is 0 Å². The minimum atomic E-state index is -1.10. The number of nitrogens with zero attached hydrogens (tertiary/aromatic N) is 1. The molecular weight excluding hydrogens is 272 g/mol. The number of ether oxygens (including phenoxy) is 1. The molecule has 2 amide bonds. The van der Waals surface area contributed by atoms with Crippen LogP contribution in [-0.2, 0) is 4.79 Å². The number of carboxylic acids is 1. The average Bonchev–Trinajstić information content (AvgIpc) is 2.46. The van der Waals surface area contributed by atoms with Crippen molar-refractivity contribution in [1.82, 2.24) is 5.32 Å². The summed E-state index contributed by atoms with van der Waals surface area (Å²) in [6, 6.07) is 6.47. The van der Waals surface area contributed by atoms with Crippen LogP contribution in [0.25, 0.3) is 0 Å². The number of para-hydroxylation sites is 2. The predicted molar refractivity (Wildman–Crippen MR) is 78.6 cm³/mol. The molecule has 0 aliphatic carbocycles. The summed E-state index contributed by atoms with van der Waals surface area (Å²) < 4.78 is 5.39. The lowest BCUT2D eigenvalue weighted by atomic mass is 10.2. The Balaban J connectivity index is 2.22. The summed E-state index contributed by atoms with van der Waals surface area (Å²) in [6.07, 6.45) is 1.29. The molecule has 2 rings (SSSR count). The van der Waals surface area contributed by atoms with Gasteiger partial charge in [-0.2, -0.15) is 0 Å². The number of fused-ring (bicyclic) bond motifs is 1. The minimum absolute atomic E-state index is 0.0288. The third-order valence-corrected chi connectivity index (χ3v) is 3.18. The fourth-order valence-corrected chi connectivity index (χ4v) is 2.15. The largest absolute Gasteiger partial charge is 0.478 e. The number of carbonyl (C=O) groups excluding carboxylic acids is 1. The molecule has 0 saturated heterocycles. The van der Waals surface area contributed by atoms with Crippen molar-refractivity contribution >= 4 is 17.7 Å². The Labute approximate surface area is 123 Å². The molecule has 1 heterocycles. The molecule has 2 N–H and O–H groups in total. The van der Waals surface area contributed by atoms with Crippen LogP contribution in [0.3, 0.4) is 0 Å². The fraction of sp³-hybridized carbons (Fsp3) is 0.333. The van der Waals surface area contributed by atoms with Crippen molar-refractivity contribution in [1.29, 1.82) is 0 Å². The zero-order valence-corrected chi connectivity index (χ0v) is 11.8. The van der Waals surface area contributed by atoms with Crippen LogP contribution in [0.4, 0.5) is 10.5 Å². The highest BCUT2D eigenvalue weighted by atomic mass is 16.5. The van der Waals surface area contributed by atoms with Crippen molar-refractivity contribution in [3.8, 4) is 5.75 Å². The van der Waals surface area contributed by atoms with Crippen molar-refractivity contribution < 1.29 is 19.4 Å². The van der Waals surface area contributed by atoms with Gasteiger partial charge in [-0.25, -0.2) is 9.59 Å². The zero-order valence-electron chi connectivity index (χ0n) is 11.8. The number of carboxylic acid groups (broad SMARTS) is 1. The topological polar surface area (TPSA) is 78.9 Å². The molecule has 112 valence electrons. The van der Waals surface area contributed by atoms with E-state index in [9.17, 15) is 9.59 Å². The highest BCUT2D eigenvalue weighted by molar-refractivity contribution is 5.95. The van der Waals surface area contributed by atoms with Gasteiger partial charge in [-0.1, -0.05) is 18.2 Å². The van der Waals surface area contributed by atoms with E-state index in [-0.39, 0.29) is 18.6 Å². The van der Waals surface area contributed by atoms with Crippen LogP contribution in [0, 0.1) is 0 Å². The number of hydrogen-bond acceptors (Lipinski definition) is 3. The molecule has 1 aromatic rings. The molecule has 21 heavy (non-hydrogen) atoms. The molecule has 0 bridgehead atoms. The maximum absolute atomic E-state index is 12.3. The Kier molecular flexibility index (Phi) is 4.47. The summed E-state index contributed by atoms with van der Waals surface area (Å²) in [5.41, 5.74) is 0.568. The minimum Gasteiger partial charge on any atom is -0.478 e. The van der Waals surface area contributed by atoms with Gasteiger partial charge in [-0.15, -0.1) is 6.58 Å². The fourth-order valence-electron chi connectivity index (χ4n) is 2.15. The van der Waals surface area contributed by atoms with E-state index >= 15 is 0 Å². The number of rotatable bonds is 4. The maximum Gasteiger partial charge on any atom is 0.346 e.